The Morgan fingerprint density at radius 3 is 2.70 bits per heavy atom. The minimum atomic E-state index is -0.227. The molecule has 0 aliphatic rings. The summed E-state index contributed by atoms with van der Waals surface area (Å²) in [6.45, 7) is 4.85. The van der Waals surface area contributed by atoms with Gasteiger partial charge in [0.1, 0.15) is 0 Å². The van der Waals surface area contributed by atoms with E-state index < -0.39 is 0 Å². The molecule has 0 spiro atoms. The molecule has 2 rings (SSSR count). The lowest BCUT2D eigenvalue weighted by Gasteiger charge is -2.14. The van der Waals surface area contributed by atoms with E-state index in [1.54, 1.807) is 12.4 Å². The number of halogens is 2. The van der Waals surface area contributed by atoms with Gasteiger partial charge in [-0.25, -0.2) is 0 Å². The average Bonchev–Trinajstić information content (AvgIpc) is 2.75. The van der Waals surface area contributed by atoms with Crippen LogP contribution in [-0.4, -0.2) is 14.8 Å². The lowest BCUT2D eigenvalue weighted by atomic mass is 10.0. The molecule has 2 aromatic heterocycles. The second kappa shape index (κ2) is 6.57. The van der Waals surface area contributed by atoms with E-state index in [0.29, 0.717) is 11.4 Å². The third kappa shape index (κ3) is 2.97. The van der Waals surface area contributed by atoms with E-state index in [9.17, 15) is 0 Å². The third-order valence-electron chi connectivity index (χ3n) is 3.31. The number of aryl methyl sites for hydroxylation is 2. The number of hydrogen-bond acceptors (Lipinski definition) is 3. The van der Waals surface area contributed by atoms with E-state index in [0.717, 1.165) is 34.9 Å². The summed E-state index contributed by atoms with van der Waals surface area (Å²) < 4.78 is 1.91. The van der Waals surface area contributed by atoms with Crippen LogP contribution in [0.5, 0.6) is 0 Å². The highest BCUT2D eigenvalue weighted by atomic mass is 35.5. The first kappa shape index (κ1) is 15.3. The minimum absolute atomic E-state index is 0.227. The largest absolute Gasteiger partial charge is 0.324 e. The van der Waals surface area contributed by atoms with E-state index in [1.807, 2.05) is 24.6 Å². The van der Waals surface area contributed by atoms with Crippen LogP contribution in [0.4, 0.5) is 0 Å². The fourth-order valence-electron chi connectivity index (χ4n) is 2.22. The van der Waals surface area contributed by atoms with Gasteiger partial charge >= 0.3 is 0 Å². The Morgan fingerprint density at radius 2 is 2.10 bits per heavy atom. The van der Waals surface area contributed by atoms with Gasteiger partial charge in [-0.2, -0.15) is 5.10 Å². The van der Waals surface area contributed by atoms with Gasteiger partial charge in [0.05, 0.1) is 21.4 Å². The predicted octanol–water partition coefficient (Wildman–Crippen LogP) is 3.41. The molecular formula is C14H18Cl2N4. The molecule has 0 amide bonds. The fraction of sp³-hybridized carbons (Fsp3) is 0.429. The maximum Gasteiger partial charge on any atom is 0.0850 e. The zero-order valence-electron chi connectivity index (χ0n) is 11.6. The third-order valence-corrected chi connectivity index (χ3v) is 4.06. The Hall–Kier alpha value is -1.10. The summed E-state index contributed by atoms with van der Waals surface area (Å²) in [6.07, 6.45) is 4.71. The van der Waals surface area contributed by atoms with Gasteiger partial charge in [-0.05, 0) is 25.0 Å². The fourth-order valence-corrected chi connectivity index (χ4v) is 2.82. The molecule has 0 aliphatic heterocycles. The van der Waals surface area contributed by atoms with Crippen LogP contribution in [0.15, 0.2) is 18.5 Å². The molecule has 108 valence electrons. The van der Waals surface area contributed by atoms with E-state index in [-0.39, 0.29) is 6.04 Å². The van der Waals surface area contributed by atoms with Crippen molar-refractivity contribution in [2.45, 2.75) is 39.3 Å². The molecule has 0 aromatic carbocycles. The standard InChI is InChI=1S/C14H18Cl2N4/c1-3-12-14(16)13(20(4-2)19-12)7-11(17)9-5-6-18-8-10(9)15/h5-6,8,11H,3-4,7,17H2,1-2H3. The maximum atomic E-state index is 6.40. The smallest absolute Gasteiger partial charge is 0.0850 e. The number of nitrogens with zero attached hydrogens (tertiary/aromatic N) is 3. The predicted molar refractivity (Wildman–Crippen MR) is 82.2 cm³/mol. The quantitative estimate of drug-likeness (QED) is 0.920. The zero-order chi connectivity index (χ0) is 14.7. The number of pyridine rings is 1. The molecule has 0 bridgehead atoms. The van der Waals surface area contributed by atoms with E-state index in [1.165, 1.54) is 0 Å². The number of rotatable bonds is 5. The van der Waals surface area contributed by atoms with Crippen LogP contribution in [0.2, 0.25) is 10.0 Å². The molecule has 20 heavy (non-hydrogen) atoms. The van der Waals surface area contributed by atoms with Gasteiger partial charge in [-0.3, -0.25) is 9.67 Å². The van der Waals surface area contributed by atoms with Crippen LogP contribution >= 0.6 is 23.2 Å². The second-order valence-electron chi connectivity index (χ2n) is 4.58. The van der Waals surface area contributed by atoms with Gasteiger partial charge in [0.2, 0.25) is 0 Å². The van der Waals surface area contributed by atoms with Gasteiger partial charge in [0.25, 0.3) is 0 Å². The SMILES string of the molecule is CCc1nn(CC)c(CC(N)c2ccncc2Cl)c1Cl. The van der Waals surface area contributed by atoms with Gasteiger partial charge in [0.15, 0.2) is 0 Å². The van der Waals surface area contributed by atoms with Gasteiger partial charge in [0, 0.05) is 31.4 Å². The molecule has 2 N–H and O–H groups in total. The van der Waals surface area contributed by atoms with Crippen molar-refractivity contribution in [3.63, 3.8) is 0 Å². The van der Waals surface area contributed by atoms with Crippen molar-refractivity contribution in [1.82, 2.24) is 14.8 Å². The molecule has 1 atom stereocenters. The monoisotopic (exact) mass is 312 g/mol. The van der Waals surface area contributed by atoms with Gasteiger partial charge in [-0.1, -0.05) is 30.1 Å². The summed E-state index contributed by atoms with van der Waals surface area (Å²) in [6, 6.07) is 1.61. The molecule has 2 aromatic rings. The topological polar surface area (TPSA) is 56.7 Å². The first-order valence-electron chi connectivity index (χ1n) is 6.67. The van der Waals surface area contributed by atoms with Gasteiger partial charge in [-0.15, -0.1) is 0 Å². The minimum Gasteiger partial charge on any atom is -0.324 e. The van der Waals surface area contributed by atoms with Crippen LogP contribution in [0, 0.1) is 0 Å². The molecule has 6 heteroatoms. The Bertz CT molecular complexity index is 595. The number of nitrogens with two attached hydrogens (primary N) is 1. The van der Waals surface area contributed by atoms with Crippen molar-refractivity contribution < 1.29 is 0 Å². The van der Waals surface area contributed by atoms with Crippen molar-refractivity contribution in [2.75, 3.05) is 0 Å². The molecule has 4 nitrogen and oxygen atoms in total. The van der Waals surface area contributed by atoms with Gasteiger partial charge < -0.3 is 5.73 Å². The summed E-state index contributed by atoms with van der Waals surface area (Å²) in [5.41, 5.74) is 9.01. The normalized spacial score (nSPS) is 12.7. The molecule has 0 radical (unpaired) electrons. The first-order chi connectivity index (χ1) is 9.58. The van der Waals surface area contributed by atoms with Crippen LogP contribution in [0.1, 0.15) is 36.8 Å². The Kier molecular flexibility index (Phi) is 5.02. The lowest BCUT2D eigenvalue weighted by Crippen LogP contribution is -2.17. The molecule has 0 saturated carbocycles. The van der Waals surface area contributed by atoms with Crippen molar-refractivity contribution in [1.29, 1.82) is 0 Å². The lowest BCUT2D eigenvalue weighted by molar-refractivity contribution is 0.585. The van der Waals surface area contributed by atoms with Crippen molar-refractivity contribution in [3.05, 3.63) is 45.5 Å². The van der Waals surface area contributed by atoms with E-state index in [2.05, 4.69) is 10.1 Å². The maximum absolute atomic E-state index is 6.40. The molecule has 0 aliphatic carbocycles. The van der Waals surface area contributed by atoms with Crippen LogP contribution in [-0.2, 0) is 19.4 Å². The summed E-state index contributed by atoms with van der Waals surface area (Å²) in [7, 11) is 0. The summed E-state index contributed by atoms with van der Waals surface area (Å²) in [4.78, 5) is 3.97. The Labute approximate surface area is 128 Å². The molecule has 0 saturated heterocycles. The summed E-state index contributed by atoms with van der Waals surface area (Å²) in [5, 5.41) is 5.80. The highest BCUT2D eigenvalue weighted by Crippen LogP contribution is 2.28. The number of hydrogen-bond donors (Lipinski definition) is 1. The Balaban J connectivity index is 2.30. The number of aromatic nitrogens is 3. The molecule has 0 fully saturated rings. The first-order valence-corrected chi connectivity index (χ1v) is 7.43. The van der Waals surface area contributed by atoms with Crippen LogP contribution in [0.3, 0.4) is 0 Å². The molecule has 1 unspecified atom stereocenters. The highest BCUT2D eigenvalue weighted by molar-refractivity contribution is 6.32. The van der Waals surface area contributed by atoms with Crippen LogP contribution in [0.25, 0.3) is 0 Å². The van der Waals surface area contributed by atoms with Crippen molar-refractivity contribution >= 4 is 23.2 Å². The Morgan fingerprint density at radius 1 is 1.35 bits per heavy atom. The van der Waals surface area contributed by atoms with E-state index >= 15 is 0 Å². The van der Waals surface area contributed by atoms with Crippen molar-refractivity contribution in [3.8, 4) is 0 Å². The molecule has 2 heterocycles. The molecular weight excluding hydrogens is 295 g/mol. The van der Waals surface area contributed by atoms with Crippen LogP contribution < -0.4 is 5.73 Å². The summed E-state index contributed by atoms with van der Waals surface area (Å²) in [5.74, 6) is 0. The highest BCUT2D eigenvalue weighted by Gasteiger charge is 2.19. The average molecular weight is 313 g/mol. The van der Waals surface area contributed by atoms with Crippen molar-refractivity contribution in [2.24, 2.45) is 5.73 Å². The zero-order valence-corrected chi connectivity index (χ0v) is 13.1. The van der Waals surface area contributed by atoms with E-state index in [4.69, 9.17) is 28.9 Å². The second-order valence-corrected chi connectivity index (χ2v) is 5.37. The summed E-state index contributed by atoms with van der Waals surface area (Å²) >= 11 is 12.5.